The van der Waals surface area contributed by atoms with Crippen molar-refractivity contribution in [1.82, 2.24) is 4.72 Å². The highest BCUT2D eigenvalue weighted by molar-refractivity contribution is 7.89. The average molecular weight is 303 g/mol. The van der Waals surface area contributed by atoms with Gasteiger partial charge in [0.25, 0.3) is 0 Å². The van der Waals surface area contributed by atoms with Crippen molar-refractivity contribution in [2.75, 3.05) is 13.7 Å². The fourth-order valence-corrected chi connectivity index (χ4v) is 3.06. The fraction of sp³-hybridized carbons (Fsp3) is 0.417. The zero-order chi connectivity index (χ0) is 15.3. The third-order valence-electron chi connectivity index (χ3n) is 2.74. The first-order valence-electron chi connectivity index (χ1n) is 5.90. The summed E-state index contributed by atoms with van der Waals surface area (Å²) in [6.07, 6.45) is 0.399. The summed E-state index contributed by atoms with van der Waals surface area (Å²) in [6.45, 7) is 1.37. The molecule has 0 aromatic heterocycles. The number of hydrogen-bond donors (Lipinski definition) is 3. The number of nitrogens with one attached hydrogen (secondary N) is 1. The highest BCUT2D eigenvalue weighted by Crippen LogP contribution is 2.25. The van der Waals surface area contributed by atoms with Crippen LogP contribution in [0.25, 0.3) is 0 Å². The summed E-state index contributed by atoms with van der Waals surface area (Å²) in [6, 6.07) is 2.91. The standard InChI is InChI=1S/C12H17NO6S/c1-3-9(7-14)13-20(17,18)11-6-8(12(15)16)4-5-10(11)19-2/h4-6,9,13-14H,3,7H2,1-2H3,(H,15,16)/t9-/m0/s1. The zero-order valence-electron chi connectivity index (χ0n) is 11.2. The molecule has 0 bridgehead atoms. The van der Waals surface area contributed by atoms with Crippen molar-refractivity contribution in [3.8, 4) is 5.75 Å². The van der Waals surface area contributed by atoms with Gasteiger partial charge in [-0.05, 0) is 24.6 Å². The zero-order valence-corrected chi connectivity index (χ0v) is 12.0. The maximum Gasteiger partial charge on any atom is 0.335 e. The van der Waals surface area contributed by atoms with E-state index in [0.717, 1.165) is 6.07 Å². The maximum atomic E-state index is 12.2. The summed E-state index contributed by atoms with van der Waals surface area (Å²) in [5.74, 6) is -1.20. The number of hydrogen-bond acceptors (Lipinski definition) is 5. The van der Waals surface area contributed by atoms with Gasteiger partial charge in [0.1, 0.15) is 10.6 Å². The number of aliphatic hydroxyl groups is 1. The van der Waals surface area contributed by atoms with Gasteiger partial charge < -0.3 is 14.9 Å². The molecule has 0 saturated carbocycles. The lowest BCUT2D eigenvalue weighted by Crippen LogP contribution is -2.37. The van der Waals surface area contributed by atoms with E-state index < -0.39 is 22.0 Å². The van der Waals surface area contributed by atoms with E-state index in [0.29, 0.717) is 6.42 Å². The predicted molar refractivity (Wildman–Crippen MR) is 71.4 cm³/mol. The number of sulfonamides is 1. The monoisotopic (exact) mass is 303 g/mol. The van der Waals surface area contributed by atoms with Crippen LogP contribution < -0.4 is 9.46 Å². The van der Waals surface area contributed by atoms with Crippen LogP contribution in [0.15, 0.2) is 23.1 Å². The molecule has 0 spiro atoms. The molecule has 7 nitrogen and oxygen atoms in total. The van der Waals surface area contributed by atoms with Crippen LogP contribution in [-0.4, -0.2) is 44.4 Å². The molecule has 112 valence electrons. The summed E-state index contributed by atoms with van der Waals surface area (Å²) in [5, 5.41) is 18.0. The third kappa shape index (κ3) is 3.69. The molecule has 8 heteroatoms. The van der Waals surface area contributed by atoms with Gasteiger partial charge in [-0.15, -0.1) is 0 Å². The van der Waals surface area contributed by atoms with Gasteiger partial charge in [-0.25, -0.2) is 17.9 Å². The maximum absolute atomic E-state index is 12.2. The minimum Gasteiger partial charge on any atom is -0.495 e. The Morgan fingerprint density at radius 2 is 2.10 bits per heavy atom. The number of methoxy groups -OCH3 is 1. The molecule has 1 atom stereocenters. The van der Waals surface area contributed by atoms with E-state index in [9.17, 15) is 13.2 Å². The number of ether oxygens (including phenoxy) is 1. The van der Waals surface area contributed by atoms with Crippen molar-refractivity contribution in [2.45, 2.75) is 24.3 Å². The molecule has 0 unspecified atom stereocenters. The Balaban J connectivity index is 3.28. The van der Waals surface area contributed by atoms with E-state index in [1.165, 1.54) is 19.2 Å². The summed E-state index contributed by atoms with van der Waals surface area (Å²) < 4.78 is 31.7. The average Bonchev–Trinajstić information content (AvgIpc) is 2.43. The number of carboxylic acids is 1. The molecule has 0 amide bonds. The van der Waals surface area contributed by atoms with Gasteiger partial charge >= 0.3 is 5.97 Å². The van der Waals surface area contributed by atoms with E-state index in [1.807, 2.05) is 0 Å². The number of rotatable bonds is 7. The van der Waals surface area contributed by atoms with Crippen LogP contribution in [0.4, 0.5) is 0 Å². The van der Waals surface area contributed by atoms with Crippen molar-refractivity contribution in [3.05, 3.63) is 23.8 Å². The van der Waals surface area contributed by atoms with Gasteiger partial charge in [-0.2, -0.15) is 0 Å². The first-order chi connectivity index (χ1) is 9.35. The lowest BCUT2D eigenvalue weighted by atomic mass is 10.2. The van der Waals surface area contributed by atoms with Crippen LogP contribution in [0.3, 0.4) is 0 Å². The van der Waals surface area contributed by atoms with Crippen molar-refractivity contribution < 1.29 is 28.2 Å². The molecular formula is C12H17NO6S. The Morgan fingerprint density at radius 3 is 2.55 bits per heavy atom. The number of benzene rings is 1. The van der Waals surface area contributed by atoms with Crippen LogP contribution in [0.2, 0.25) is 0 Å². The van der Waals surface area contributed by atoms with Crippen molar-refractivity contribution in [1.29, 1.82) is 0 Å². The van der Waals surface area contributed by atoms with E-state index >= 15 is 0 Å². The SMILES string of the molecule is CC[C@@H](CO)NS(=O)(=O)c1cc(C(=O)O)ccc1OC. The Kier molecular flexibility index (Phi) is 5.49. The molecule has 0 radical (unpaired) electrons. The van der Waals surface area contributed by atoms with Gasteiger partial charge in [0.15, 0.2) is 0 Å². The van der Waals surface area contributed by atoms with Crippen LogP contribution in [0, 0.1) is 0 Å². The summed E-state index contributed by atoms with van der Waals surface area (Å²) >= 11 is 0. The van der Waals surface area contributed by atoms with Gasteiger partial charge in [-0.1, -0.05) is 6.92 Å². The molecule has 1 rings (SSSR count). The molecule has 0 saturated heterocycles. The van der Waals surface area contributed by atoms with Crippen LogP contribution in [0.5, 0.6) is 5.75 Å². The van der Waals surface area contributed by atoms with Crippen LogP contribution >= 0.6 is 0 Å². The largest absolute Gasteiger partial charge is 0.495 e. The smallest absolute Gasteiger partial charge is 0.335 e. The highest BCUT2D eigenvalue weighted by atomic mass is 32.2. The second-order valence-electron chi connectivity index (χ2n) is 4.08. The second-order valence-corrected chi connectivity index (χ2v) is 5.76. The number of carbonyl (C=O) groups is 1. The van der Waals surface area contributed by atoms with E-state index in [1.54, 1.807) is 6.92 Å². The Hall–Kier alpha value is -1.64. The first kappa shape index (κ1) is 16.4. The minimum absolute atomic E-state index is 0.0373. The lowest BCUT2D eigenvalue weighted by molar-refractivity contribution is 0.0696. The lowest BCUT2D eigenvalue weighted by Gasteiger charge is -2.16. The quantitative estimate of drug-likeness (QED) is 0.674. The Labute approximate surface area is 117 Å². The Morgan fingerprint density at radius 1 is 1.45 bits per heavy atom. The number of aromatic carboxylic acids is 1. The van der Waals surface area contributed by atoms with Crippen molar-refractivity contribution in [3.63, 3.8) is 0 Å². The summed E-state index contributed by atoms with van der Waals surface area (Å²) in [4.78, 5) is 10.6. The van der Waals surface area contributed by atoms with Crippen LogP contribution in [-0.2, 0) is 10.0 Å². The third-order valence-corrected chi connectivity index (χ3v) is 4.28. The Bertz CT molecular complexity index is 580. The molecule has 1 aromatic rings. The second kappa shape index (κ2) is 6.69. The topological polar surface area (TPSA) is 113 Å². The molecule has 0 aliphatic heterocycles. The van der Waals surface area contributed by atoms with Gasteiger partial charge in [0.2, 0.25) is 10.0 Å². The molecule has 20 heavy (non-hydrogen) atoms. The molecule has 0 aliphatic carbocycles. The molecule has 0 heterocycles. The summed E-state index contributed by atoms with van der Waals surface area (Å²) in [7, 11) is -2.69. The summed E-state index contributed by atoms with van der Waals surface area (Å²) in [5.41, 5.74) is -0.164. The van der Waals surface area contributed by atoms with Gasteiger partial charge in [-0.3, -0.25) is 0 Å². The minimum atomic E-state index is -3.98. The molecule has 3 N–H and O–H groups in total. The molecule has 0 aliphatic rings. The van der Waals surface area contributed by atoms with E-state index in [4.69, 9.17) is 14.9 Å². The number of aliphatic hydroxyl groups excluding tert-OH is 1. The van der Waals surface area contributed by atoms with Gasteiger partial charge in [0.05, 0.1) is 19.3 Å². The molecule has 1 aromatic carbocycles. The fourth-order valence-electron chi connectivity index (χ4n) is 1.55. The van der Waals surface area contributed by atoms with Crippen molar-refractivity contribution >= 4 is 16.0 Å². The molecular weight excluding hydrogens is 286 g/mol. The first-order valence-corrected chi connectivity index (χ1v) is 7.38. The van der Waals surface area contributed by atoms with E-state index in [2.05, 4.69) is 4.72 Å². The normalized spacial score (nSPS) is 12.9. The number of carboxylic acid groups (broad SMARTS) is 1. The van der Waals surface area contributed by atoms with E-state index in [-0.39, 0.29) is 22.8 Å². The highest BCUT2D eigenvalue weighted by Gasteiger charge is 2.24. The van der Waals surface area contributed by atoms with Crippen molar-refractivity contribution in [2.24, 2.45) is 0 Å². The van der Waals surface area contributed by atoms with Gasteiger partial charge in [0, 0.05) is 6.04 Å². The van der Waals surface area contributed by atoms with Crippen LogP contribution in [0.1, 0.15) is 23.7 Å². The predicted octanol–water partition coefficient (Wildman–Crippen LogP) is 0.443. The molecule has 0 fully saturated rings.